The molecule has 26 heavy (non-hydrogen) atoms. The van der Waals surface area contributed by atoms with E-state index in [9.17, 15) is 0 Å². The van der Waals surface area contributed by atoms with Crippen molar-refractivity contribution in [2.24, 2.45) is 0 Å². The van der Waals surface area contributed by atoms with Crippen LogP contribution in [0.3, 0.4) is 0 Å². The van der Waals surface area contributed by atoms with Crippen LogP contribution in [0.25, 0.3) is 0 Å². The molecule has 5 nitrogen and oxygen atoms in total. The van der Waals surface area contributed by atoms with E-state index in [1.807, 2.05) is 18.2 Å². The van der Waals surface area contributed by atoms with Crippen molar-refractivity contribution in [2.75, 3.05) is 33.5 Å². The number of benzene rings is 2. The summed E-state index contributed by atoms with van der Waals surface area (Å²) in [6, 6.07) is 14.2. The fraction of sp³-hybridized carbons (Fsp3) is 0.400. The van der Waals surface area contributed by atoms with Crippen LogP contribution in [0.2, 0.25) is 0 Å². The third kappa shape index (κ3) is 7.62. The van der Waals surface area contributed by atoms with E-state index in [2.05, 4.69) is 36.5 Å². The molecule has 2 rings (SSSR count). The largest absolute Gasteiger partial charge is 0.493 e. The predicted octanol–water partition coefficient (Wildman–Crippen LogP) is 3.10. The Morgan fingerprint density at radius 2 is 1.69 bits per heavy atom. The highest BCUT2D eigenvalue weighted by atomic mass is 35.5. The number of nitrogens with one attached hydrogen (secondary N) is 1. The number of hydrogen-bond acceptors (Lipinski definition) is 5. The predicted molar refractivity (Wildman–Crippen MR) is 105 cm³/mol. The van der Waals surface area contributed by atoms with Crippen LogP contribution in [0.1, 0.15) is 16.7 Å². The summed E-state index contributed by atoms with van der Waals surface area (Å²) in [4.78, 5) is 0. The van der Waals surface area contributed by atoms with Gasteiger partial charge in [-0.3, -0.25) is 0 Å². The van der Waals surface area contributed by atoms with Crippen molar-refractivity contribution < 1.29 is 19.3 Å². The molecule has 0 saturated carbocycles. The highest BCUT2D eigenvalue weighted by Crippen LogP contribution is 2.28. The van der Waals surface area contributed by atoms with Gasteiger partial charge in [-0.2, -0.15) is 0 Å². The summed E-state index contributed by atoms with van der Waals surface area (Å²) >= 11 is 0. The van der Waals surface area contributed by atoms with Gasteiger partial charge in [0.25, 0.3) is 0 Å². The molecule has 0 aliphatic rings. The third-order valence-electron chi connectivity index (χ3n) is 3.73. The van der Waals surface area contributed by atoms with E-state index in [1.54, 1.807) is 7.11 Å². The van der Waals surface area contributed by atoms with Crippen molar-refractivity contribution in [1.82, 2.24) is 5.32 Å². The highest BCUT2D eigenvalue weighted by molar-refractivity contribution is 5.85. The summed E-state index contributed by atoms with van der Waals surface area (Å²) in [6.45, 7) is 5.04. The molecule has 0 fully saturated rings. The average molecular weight is 382 g/mol. The number of rotatable bonds is 11. The molecule has 0 saturated heterocycles. The molecular weight excluding hydrogens is 354 g/mol. The molecule has 0 atom stereocenters. The Morgan fingerprint density at radius 3 is 2.38 bits per heavy atom. The zero-order valence-electron chi connectivity index (χ0n) is 15.4. The first-order valence-corrected chi connectivity index (χ1v) is 8.47. The fourth-order valence-electron chi connectivity index (χ4n) is 2.33. The Labute approximate surface area is 161 Å². The minimum atomic E-state index is 0. The molecule has 6 heteroatoms. The lowest BCUT2D eigenvalue weighted by atomic mass is 10.1. The first-order valence-electron chi connectivity index (χ1n) is 8.47. The molecule has 0 heterocycles. The van der Waals surface area contributed by atoms with Crippen LogP contribution in [0.5, 0.6) is 11.5 Å². The average Bonchev–Trinajstić information content (AvgIpc) is 2.64. The molecule has 0 amide bonds. The van der Waals surface area contributed by atoms with Crippen LogP contribution in [0.15, 0.2) is 42.5 Å². The molecule has 0 unspecified atom stereocenters. The summed E-state index contributed by atoms with van der Waals surface area (Å²) < 4.78 is 16.5. The van der Waals surface area contributed by atoms with E-state index in [-0.39, 0.29) is 19.0 Å². The molecule has 2 N–H and O–H groups in total. The summed E-state index contributed by atoms with van der Waals surface area (Å²) in [5, 5.41) is 11.9. The van der Waals surface area contributed by atoms with E-state index >= 15 is 0 Å². The minimum absolute atomic E-state index is 0. The van der Waals surface area contributed by atoms with Crippen molar-refractivity contribution in [3.8, 4) is 11.5 Å². The van der Waals surface area contributed by atoms with E-state index < -0.39 is 0 Å². The van der Waals surface area contributed by atoms with Crippen LogP contribution >= 0.6 is 12.4 Å². The molecule has 0 radical (unpaired) electrons. The van der Waals surface area contributed by atoms with E-state index in [0.29, 0.717) is 19.8 Å². The fourth-order valence-corrected chi connectivity index (χ4v) is 2.33. The normalized spacial score (nSPS) is 10.3. The van der Waals surface area contributed by atoms with Gasteiger partial charge in [-0.1, -0.05) is 35.9 Å². The lowest BCUT2D eigenvalue weighted by molar-refractivity contribution is 0.0938. The van der Waals surface area contributed by atoms with Gasteiger partial charge in [-0.15, -0.1) is 12.4 Å². The first kappa shape index (κ1) is 22.3. The molecular formula is C20H28ClNO4. The number of aliphatic hydroxyl groups excluding tert-OH is 1. The number of methoxy groups -OCH3 is 1. The monoisotopic (exact) mass is 381 g/mol. The van der Waals surface area contributed by atoms with E-state index in [4.69, 9.17) is 19.3 Å². The molecule has 0 aliphatic heterocycles. The van der Waals surface area contributed by atoms with Gasteiger partial charge in [0.1, 0.15) is 6.61 Å². The van der Waals surface area contributed by atoms with Crippen LogP contribution in [0.4, 0.5) is 0 Å². The lowest BCUT2D eigenvalue weighted by Gasteiger charge is -2.13. The van der Waals surface area contributed by atoms with Gasteiger partial charge in [0.05, 0.1) is 26.9 Å². The Hall–Kier alpha value is -1.79. The molecule has 144 valence electrons. The van der Waals surface area contributed by atoms with Crippen molar-refractivity contribution in [2.45, 2.75) is 20.1 Å². The Bertz CT molecular complexity index is 634. The van der Waals surface area contributed by atoms with Gasteiger partial charge in [-0.05, 0) is 30.2 Å². The number of aliphatic hydroxyl groups is 1. The summed E-state index contributed by atoms with van der Waals surface area (Å²) in [5.41, 5.74) is 3.47. The first-order chi connectivity index (χ1) is 12.2. The molecule has 0 aliphatic carbocycles. The maximum absolute atomic E-state index is 8.64. The standard InChI is InChI=1S/C20H27NO4.ClH/c1-16-3-5-17(6-4-16)15-25-19-8-7-18(13-20(19)23-2)14-21-9-11-24-12-10-22;/h3-8,13,21-22H,9-12,14-15H2,1-2H3;1H. The molecule has 2 aromatic rings. The van der Waals surface area contributed by atoms with Gasteiger partial charge < -0.3 is 24.6 Å². The van der Waals surface area contributed by atoms with Crippen molar-refractivity contribution >= 4 is 12.4 Å². The number of halogens is 1. The van der Waals surface area contributed by atoms with Gasteiger partial charge in [-0.25, -0.2) is 0 Å². The second-order valence-corrected chi connectivity index (χ2v) is 5.77. The topological polar surface area (TPSA) is 60.0 Å². The maximum Gasteiger partial charge on any atom is 0.161 e. The van der Waals surface area contributed by atoms with Crippen LogP contribution in [0, 0.1) is 6.92 Å². The van der Waals surface area contributed by atoms with Gasteiger partial charge >= 0.3 is 0 Å². The maximum atomic E-state index is 8.64. The van der Waals surface area contributed by atoms with E-state index in [0.717, 1.165) is 35.7 Å². The zero-order valence-corrected chi connectivity index (χ0v) is 16.2. The highest BCUT2D eigenvalue weighted by Gasteiger charge is 2.06. The van der Waals surface area contributed by atoms with Crippen molar-refractivity contribution in [3.05, 3.63) is 59.2 Å². The quantitative estimate of drug-likeness (QED) is 0.586. The van der Waals surface area contributed by atoms with E-state index in [1.165, 1.54) is 5.56 Å². The molecule has 0 spiro atoms. The van der Waals surface area contributed by atoms with Crippen LogP contribution in [-0.2, 0) is 17.9 Å². The van der Waals surface area contributed by atoms with Crippen molar-refractivity contribution in [3.63, 3.8) is 0 Å². The number of ether oxygens (including phenoxy) is 3. The van der Waals surface area contributed by atoms with Crippen LogP contribution in [-0.4, -0.2) is 38.6 Å². The molecule has 0 aromatic heterocycles. The van der Waals surface area contributed by atoms with Gasteiger partial charge in [0.15, 0.2) is 11.5 Å². The summed E-state index contributed by atoms with van der Waals surface area (Å²) in [5.74, 6) is 1.46. The summed E-state index contributed by atoms with van der Waals surface area (Å²) in [7, 11) is 1.65. The smallest absolute Gasteiger partial charge is 0.161 e. The third-order valence-corrected chi connectivity index (χ3v) is 3.73. The number of hydrogen-bond donors (Lipinski definition) is 2. The second-order valence-electron chi connectivity index (χ2n) is 5.77. The number of aryl methyl sites for hydroxylation is 1. The Morgan fingerprint density at radius 1 is 0.962 bits per heavy atom. The second kappa shape index (κ2) is 12.5. The Balaban J connectivity index is 0.00000338. The summed E-state index contributed by atoms with van der Waals surface area (Å²) in [6.07, 6.45) is 0. The zero-order chi connectivity index (χ0) is 17.9. The lowest BCUT2D eigenvalue weighted by Crippen LogP contribution is -2.20. The SMILES string of the molecule is COc1cc(CNCCOCCO)ccc1OCc1ccc(C)cc1.Cl. The van der Waals surface area contributed by atoms with Gasteiger partial charge in [0.2, 0.25) is 0 Å². The van der Waals surface area contributed by atoms with Gasteiger partial charge in [0, 0.05) is 13.1 Å². The van der Waals surface area contributed by atoms with Crippen molar-refractivity contribution in [1.29, 1.82) is 0 Å². The molecule has 0 bridgehead atoms. The molecule has 2 aromatic carbocycles. The van der Waals surface area contributed by atoms with Crippen LogP contribution < -0.4 is 14.8 Å². The Kier molecular flexibility index (Phi) is 10.7. The minimum Gasteiger partial charge on any atom is -0.493 e.